The lowest BCUT2D eigenvalue weighted by Crippen LogP contribution is -2.54. The van der Waals surface area contributed by atoms with E-state index in [0.29, 0.717) is 67.3 Å². The summed E-state index contributed by atoms with van der Waals surface area (Å²) in [5.74, 6) is -1.48. The average Bonchev–Trinajstić information content (AvgIpc) is 3.63. The monoisotopic (exact) mass is 946 g/mol. The van der Waals surface area contributed by atoms with E-state index in [1.165, 1.54) is 36.0 Å². The number of nitrogens with one attached hydrogen (secondary N) is 4. The molecule has 2 aliphatic heterocycles. The number of halogens is 2. The summed E-state index contributed by atoms with van der Waals surface area (Å²) in [6.45, 7) is 3.24. The van der Waals surface area contributed by atoms with Gasteiger partial charge in [0.05, 0.1) is 67.8 Å². The van der Waals surface area contributed by atoms with Gasteiger partial charge < -0.3 is 29.8 Å². The molecule has 1 aliphatic carbocycles. The van der Waals surface area contributed by atoms with Crippen LogP contribution in [-0.2, 0) is 38.6 Å². The van der Waals surface area contributed by atoms with Crippen LogP contribution in [0.1, 0.15) is 93.1 Å². The number of aryl methyl sites for hydroxylation is 1. The summed E-state index contributed by atoms with van der Waals surface area (Å²) in [6.07, 6.45) is 7.92. The zero-order chi connectivity index (χ0) is 47.9. The summed E-state index contributed by atoms with van der Waals surface area (Å²) in [6, 6.07) is 14.7. The minimum atomic E-state index is -2.94. The van der Waals surface area contributed by atoms with E-state index in [1.807, 2.05) is 12.1 Å². The van der Waals surface area contributed by atoms with Crippen LogP contribution in [0.4, 0.5) is 26.0 Å². The Labute approximate surface area is 393 Å². The third-order valence-electron chi connectivity index (χ3n) is 11.8. The van der Waals surface area contributed by atoms with E-state index < -0.39 is 47.7 Å². The standard InChI is InChI=1S/C47H48F2N12O8/c48-42(49)41-35(53-43(63)36-27-69-45(54-36)30-15-16-50-38(22-30)52-23-29-7-8-29)26-60(57-41)32-11-9-28(10-12-32)4-1-2-18-67-20-21-68-19-17-59-25-31(56-58-59)24-51-34-6-3-5-33-40(34)47(66)61(46(33)65)37-13-14-39(62)55-44(37)64/h3,5-6,9-12,15-16,22,25-27,29,37,42,51H,1-2,4,7-8,13-14,17-21,23-24H2,(H,50,52)(H,53,63)(H,55,62,64). The largest absolute Gasteiger partial charge is 0.444 e. The van der Waals surface area contributed by atoms with Gasteiger partial charge in [0.2, 0.25) is 17.7 Å². The van der Waals surface area contributed by atoms with Crippen LogP contribution < -0.4 is 21.3 Å². The number of unbranched alkanes of at least 4 members (excludes halogenated alkanes) is 1. The molecule has 69 heavy (non-hydrogen) atoms. The van der Waals surface area contributed by atoms with Crippen molar-refractivity contribution in [2.45, 2.75) is 70.5 Å². The summed E-state index contributed by atoms with van der Waals surface area (Å²) >= 11 is 0. The Hall–Kier alpha value is -7.72. The molecule has 1 saturated carbocycles. The van der Waals surface area contributed by atoms with Crippen LogP contribution in [0, 0.1) is 5.92 Å². The number of fused-ring (bicyclic) bond motifs is 1. The van der Waals surface area contributed by atoms with Gasteiger partial charge in [-0.15, -0.1) is 5.10 Å². The Morgan fingerprint density at radius 2 is 1.74 bits per heavy atom. The van der Waals surface area contributed by atoms with Gasteiger partial charge in [-0.05, 0) is 86.4 Å². The van der Waals surface area contributed by atoms with Gasteiger partial charge >= 0.3 is 0 Å². The van der Waals surface area contributed by atoms with Crippen molar-refractivity contribution in [3.8, 4) is 17.1 Å². The number of pyridine rings is 1. The molecule has 4 N–H and O–H groups in total. The second-order valence-electron chi connectivity index (χ2n) is 16.8. The molecule has 0 radical (unpaired) electrons. The van der Waals surface area contributed by atoms with E-state index >= 15 is 0 Å². The molecule has 5 amide bonds. The molecule has 1 unspecified atom stereocenters. The molecule has 20 nitrogen and oxygen atoms in total. The molecule has 3 aliphatic rings. The van der Waals surface area contributed by atoms with E-state index in [9.17, 15) is 32.8 Å². The first-order chi connectivity index (χ1) is 33.6. The van der Waals surface area contributed by atoms with Crippen LogP contribution in [-0.4, -0.2) is 108 Å². The number of hydrogen-bond acceptors (Lipinski definition) is 15. The number of carbonyl (C=O) groups is 5. The van der Waals surface area contributed by atoms with Gasteiger partial charge in [-0.3, -0.25) is 34.2 Å². The number of imide groups is 2. The highest BCUT2D eigenvalue weighted by Gasteiger charge is 2.45. The number of benzene rings is 2. The lowest BCUT2D eigenvalue weighted by molar-refractivity contribution is -0.136. The second kappa shape index (κ2) is 21.1. The summed E-state index contributed by atoms with van der Waals surface area (Å²) in [7, 11) is 0. The molecule has 22 heteroatoms. The summed E-state index contributed by atoms with van der Waals surface area (Å²) in [4.78, 5) is 73.1. The predicted molar refractivity (Wildman–Crippen MR) is 242 cm³/mol. The average molecular weight is 947 g/mol. The molecular weight excluding hydrogens is 899 g/mol. The van der Waals surface area contributed by atoms with Gasteiger partial charge in [0.1, 0.15) is 23.8 Å². The number of hydrogen-bond donors (Lipinski definition) is 4. The molecule has 6 aromatic rings. The zero-order valence-electron chi connectivity index (χ0n) is 37.2. The molecule has 2 aromatic carbocycles. The van der Waals surface area contributed by atoms with Gasteiger partial charge in [-0.1, -0.05) is 23.4 Å². The fraction of sp³-hybridized carbons (Fsp3) is 0.362. The second-order valence-corrected chi connectivity index (χ2v) is 16.8. The molecular formula is C47H48F2N12O8. The molecule has 2 fully saturated rings. The normalized spacial score (nSPS) is 15.8. The molecule has 358 valence electrons. The first kappa shape index (κ1) is 46.4. The van der Waals surface area contributed by atoms with E-state index in [-0.39, 0.29) is 47.8 Å². The smallest absolute Gasteiger partial charge is 0.284 e. The number of amides is 5. The van der Waals surface area contributed by atoms with Gasteiger partial charge in [-0.2, -0.15) is 5.10 Å². The molecule has 1 saturated heterocycles. The van der Waals surface area contributed by atoms with Crippen molar-refractivity contribution in [1.29, 1.82) is 0 Å². The van der Waals surface area contributed by atoms with Gasteiger partial charge in [0.15, 0.2) is 11.4 Å². The third kappa shape index (κ3) is 11.2. The van der Waals surface area contributed by atoms with E-state index in [4.69, 9.17) is 13.9 Å². The molecule has 6 heterocycles. The third-order valence-corrected chi connectivity index (χ3v) is 11.8. The highest BCUT2D eigenvalue weighted by Crippen LogP contribution is 2.33. The quantitative estimate of drug-likeness (QED) is 0.0452. The highest BCUT2D eigenvalue weighted by molar-refractivity contribution is 6.25. The fourth-order valence-electron chi connectivity index (χ4n) is 7.91. The Kier molecular flexibility index (Phi) is 14.2. The Bertz CT molecular complexity index is 2840. The molecule has 0 spiro atoms. The van der Waals surface area contributed by atoms with Crippen molar-refractivity contribution in [1.82, 2.24) is 45.0 Å². The molecule has 1 atom stereocenters. The topological polar surface area (TPSA) is 243 Å². The number of ether oxygens (including phenoxy) is 2. The number of oxazole rings is 1. The maximum Gasteiger partial charge on any atom is 0.284 e. The van der Waals surface area contributed by atoms with Crippen LogP contribution in [0.25, 0.3) is 17.1 Å². The number of aromatic nitrogens is 7. The Balaban J connectivity index is 0.654. The first-order valence-corrected chi connectivity index (χ1v) is 22.6. The predicted octanol–water partition coefficient (Wildman–Crippen LogP) is 5.60. The maximum atomic E-state index is 14.1. The molecule has 4 aromatic heterocycles. The number of rotatable bonds is 23. The number of anilines is 3. The summed E-state index contributed by atoms with van der Waals surface area (Å²) in [5, 5.41) is 23.5. The van der Waals surface area contributed by atoms with Crippen molar-refractivity contribution in [2.24, 2.45) is 5.92 Å². The molecule has 9 rings (SSSR count). The van der Waals surface area contributed by atoms with Crippen molar-refractivity contribution >= 4 is 46.7 Å². The fourth-order valence-corrected chi connectivity index (χ4v) is 7.91. The van der Waals surface area contributed by atoms with E-state index in [1.54, 1.807) is 53.5 Å². The lowest BCUT2D eigenvalue weighted by Gasteiger charge is -2.27. The Morgan fingerprint density at radius 3 is 2.54 bits per heavy atom. The highest BCUT2D eigenvalue weighted by atomic mass is 19.3. The zero-order valence-corrected chi connectivity index (χ0v) is 37.2. The maximum absolute atomic E-state index is 14.1. The minimum absolute atomic E-state index is 0.0384. The number of alkyl halides is 2. The van der Waals surface area contributed by atoms with Crippen molar-refractivity contribution in [3.63, 3.8) is 0 Å². The van der Waals surface area contributed by atoms with Crippen molar-refractivity contribution < 1.29 is 46.6 Å². The van der Waals surface area contributed by atoms with Crippen LogP contribution >= 0.6 is 0 Å². The van der Waals surface area contributed by atoms with E-state index in [2.05, 4.69) is 46.6 Å². The minimum Gasteiger partial charge on any atom is -0.444 e. The summed E-state index contributed by atoms with van der Waals surface area (Å²) < 4.78 is 48.1. The van der Waals surface area contributed by atoms with Crippen molar-refractivity contribution in [2.75, 3.05) is 48.9 Å². The molecule has 0 bridgehead atoms. The van der Waals surface area contributed by atoms with Crippen molar-refractivity contribution in [3.05, 3.63) is 113 Å². The number of carbonyl (C=O) groups excluding carboxylic acids is 5. The van der Waals surface area contributed by atoms with Crippen LogP contribution in [0.5, 0.6) is 0 Å². The lowest BCUT2D eigenvalue weighted by atomic mass is 10.0. The van der Waals surface area contributed by atoms with E-state index in [0.717, 1.165) is 36.3 Å². The van der Waals surface area contributed by atoms with Gasteiger partial charge in [0.25, 0.3) is 24.1 Å². The first-order valence-electron chi connectivity index (χ1n) is 22.6. The Morgan fingerprint density at radius 1 is 0.913 bits per heavy atom. The number of nitrogens with zero attached hydrogens (tertiary/aromatic N) is 8. The SMILES string of the molecule is O=C1CCC(N2C(=O)c3cccc(NCc4cn(CCOCCOCCCCc5ccc(-n6cc(NC(=O)c7coc(-c8ccnc(NCC9CC9)c8)n7)c(C(F)F)n6)cc5)nn4)c3C2=O)C(=O)N1. The number of piperidine rings is 1. The van der Waals surface area contributed by atoms with Gasteiger partial charge in [-0.25, -0.2) is 28.1 Å². The summed E-state index contributed by atoms with van der Waals surface area (Å²) in [5.41, 5.74) is 2.78. The van der Waals surface area contributed by atoms with Gasteiger partial charge in [0, 0.05) is 37.0 Å². The van der Waals surface area contributed by atoms with Crippen LogP contribution in [0.15, 0.2) is 83.9 Å². The van der Waals surface area contributed by atoms with Crippen LogP contribution in [0.2, 0.25) is 0 Å². The van der Waals surface area contributed by atoms with Crippen LogP contribution in [0.3, 0.4) is 0 Å².